The summed E-state index contributed by atoms with van der Waals surface area (Å²) in [6.07, 6.45) is 8.82. The SMILES string of the molecule is C=CC1=CC[Si](C)(C)OC12C[C@H](C(=C)C)CC=C2C. The van der Waals surface area contributed by atoms with Gasteiger partial charge in [-0.2, -0.15) is 0 Å². The van der Waals surface area contributed by atoms with Gasteiger partial charge in [0.2, 0.25) is 0 Å². The Morgan fingerprint density at radius 1 is 1.47 bits per heavy atom. The van der Waals surface area contributed by atoms with Crippen molar-refractivity contribution in [3.63, 3.8) is 0 Å². The van der Waals surface area contributed by atoms with Crippen molar-refractivity contribution in [2.24, 2.45) is 5.92 Å². The molecule has 2 rings (SSSR count). The first-order chi connectivity index (χ1) is 8.81. The van der Waals surface area contributed by atoms with Crippen molar-refractivity contribution in [1.82, 2.24) is 0 Å². The highest BCUT2D eigenvalue weighted by Gasteiger charge is 2.46. The summed E-state index contributed by atoms with van der Waals surface area (Å²) in [4.78, 5) is 0. The molecule has 104 valence electrons. The fourth-order valence-electron chi connectivity index (χ4n) is 3.26. The highest BCUT2D eigenvalue weighted by molar-refractivity contribution is 6.72. The first-order valence-corrected chi connectivity index (χ1v) is 10.3. The van der Waals surface area contributed by atoms with E-state index in [0.717, 1.165) is 18.9 Å². The molecule has 0 amide bonds. The molecule has 0 bridgehead atoms. The number of allylic oxidation sites excluding steroid dienone is 3. The van der Waals surface area contributed by atoms with E-state index in [4.69, 9.17) is 4.43 Å². The second-order valence-corrected chi connectivity index (χ2v) is 10.8. The molecule has 1 unspecified atom stereocenters. The zero-order valence-corrected chi connectivity index (χ0v) is 13.8. The van der Waals surface area contributed by atoms with E-state index >= 15 is 0 Å². The van der Waals surface area contributed by atoms with Crippen LogP contribution in [0, 0.1) is 5.92 Å². The second kappa shape index (κ2) is 4.91. The van der Waals surface area contributed by atoms with Gasteiger partial charge in [-0.3, -0.25) is 0 Å². The Morgan fingerprint density at radius 2 is 2.16 bits per heavy atom. The Labute approximate surface area is 118 Å². The molecular formula is C17H26OSi. The average Bonchev–Trinajstić information content (AvgIpc) is 2.32. The molecule has 1 spiro atoms. The average molecular weight is 274 g/mol. The molecule has 1 heterocycles. The van der Waals surface area contributed by atoms with Crippen LogP contribution in [0.4, 0.5) is 0 Å². The maximum Gasteiger partial charge on any atom is 0.192 e. The van der Waals surface area contributed by atoms with Gasteiger partial charge in [0, 0.05) is 0 Å². The summed E-state index contributed by atoms with van der Waals surface area (Å²) in [5.41, 5.74) is 3.66. The minimum atomic E-state index is -1.61. The summed E-state index contributed by atoms with van der Waals surface area (Å²) >= 11 is 0. The van der Waals surface area contributed by atoms with Gasteiger partial charge in [0.1, 0.15) is 5.60 Å². The van der Waals surface area contributed by atoms with Gasteiger partial charge in [0.05, 0.1) is 0 Å². The van der Waals surface area contributed by atoms with E-state index in [1.54, 1.807) is 0 Å². The first-order valence-electron chi connectivity index (χ1n) is 7.16. The maximum atomic E-state index is 6.69. The normalized spacial score (nSPS) is 33.6. The van der Waals surface area contributed by atoms with Crippen LogP contribution in [0.25, 0.3) is 0 Å². The van der Waals surface area contributed by atoms with E-state index < -0.39 is 8.32 Å². The molecule has 0 radical (unpaired) electrons. The van der Waals surface area contributed by atoms with E-state index in [2.05, 4.69) is 52.3 Å². The van der Waals surface area contributed by atoms with Gasteiger partial charge in [0.25, 0.3) is 0 Å². The maximum absolute atomic E-state index is 6.69. The van der Waals surface area contributed by atoms with Gasteiger partial charge in [0.15, 0.2) is 8.32 Å². The van der Waals surface area contributed by atoms with Crippen LogP contribution in [0.15, 0.2) is 48.1 Å². The molecule has 1 aliphatic heterocycles. The van der Waals surface area contributed by atoms with Gasteiger partial charge < -0.3 is 4.43 Å². The van der Waals surface area contributed by atoms with Crippen LogP contribution in [-0.4, -0.2) is 13.9 Å². The third-order valence-corrected chi connectivity index (χ3v) is 6.61. The molecule has 19 heavy (non-hydrogen) atoms. The van der Waals surface area contributed by atoms with Crippen molar-refractivity contribution in [1.29, 1.82) is 0 Å². The highest BCUT2D eigenvalue weighted by atomic mass is 28.4. The van der Waals surface area contributed by atoms with E-state index in [1.165, 1.54) is 16.7 Å². The quantitative estimate of drug-likeness (QED) is 0.508. The van der Waals surface area contributed by atoms with Gasteiger partial charge in [-0.1, -0.05) is 37.0 Å². The molecule has 0 saturated heterocycles. The largest absolute Gasteiger partial charge is 0.404 e. The lowest BCUT2D eigenvalue weighted by Gasteiger charge is -2.49. The van der Waals surface area contributed by atoms with Crippen LogP contribution in [0.2, 0.25) is 19.1 Å². The molecule has 2 heteroatoms. The number of hydrogen-bond donors (Lipinski definition) is 0. The standard InChI is InChI=1S/C17H26OSi/c1-7-16-10-11-19(5,6)18-17(16)12-15(13(2)3)9-8-14(17)4/h7-8,10,15H,1-2,9,11-12H2,3-6H3/t15-,17?/m1/s1. The molecular weight excluding hydrogens is 248 g/mol. The van der Waals surface area contributed by atoms with Crippen molar-refractivity contribution >= 4 is 8.32 Å². The third-order valence-electron chi connectivity index (χ3n) is 4.53. The Balaban J connectivity index is 2.48. The lowest BCUT2D eigenvalue weighted by Crippen LogP contribution is -2.51. The zero-order chi connectivity index (χ0) is 14.3. The Kier molecular flexibility index (Phi) is 3.76. The molecule has 0 N–H and O–H groups in total. The summed E-state index contributed by atoms with van der Waals surface area (Å²) < 4.78 is 6.69. The molecule has 0 aromatic heterocycles. The Morgan fingerprint density at radius 3 is 2.74 bits per heavy atom. The summed E-state index contributed by atoms with van der Waals surface area (Å²) in [7, 11) is -1.61. The topological polar surface area (TPSA) is 9.23 Å². The van der Waals surface area contributed by atoms with Gasteiger partial charge >= 0.3 is 0 Å². The second-order valence-electron chi connectivity index (χ2n) is 6.63. The van der Waals surface area contributed by atoms with E-state index in [1.807, 2.05) is 6.08 Å². The Bertz CT molecular complexity index is 470. The van der Waals surface area contributed by atoms with Crippen LogP contribution in [-0.2, 0) is 4.43 Å². The smallest absolute Gasteiger partial charge is 0.192 e. The molecule has 1 nitrogen and oxygen atoms in total. The monoisotopic (exact) mass is 274 g/mol. The van der Waals surface area contributed by atoms with Crippen LogP contribution in [0.5, 0.6) is 0 Å². The van der Waals surface area contributed by atoms with Crippen molar-refractivity contribution in [2.75, 3.05) is 0 Å². The number of rotatable bonds is 2. The molecule has 0 aromatic rings. The lowest BCUT2D eigenvalue weighted by atomic mass is 9.72. The minimum absolute atomic E-state index is 0.225. The van der Waals surface area contributed by atoms with Gasteiger partial charge in [-0.05, 0) is 62.9 Å². The van der Waals surface area contributed by atoms with Crippen molar-refractivity contribution < 1.29 is 4.43 Å². The number of hydrogen-bond acceptors (Lipinski definition) is 1. The molecule has 0 aromatic carbocycles. The third kappa shape index (κ3) is 2.56. The predicted octanol–water partition coefficient (Wildman–Crippen LogP) is 5.01. The highest BCUT2D eigenvalue weighted by Crippen LogP contribution is 2.47. The van der Waals surface area contributed by atoms with Crippen LogP contribution in [0.1, 0.15) is 26.7 Å². The summed E-state index contributed by atoms with van der Waals surface area (Å²) in [5.74, 6) is 0.523. The lowest BCUT2D eigenvalue weighted by molar-refractivity contribution is 0.101. The molecule has 1 aliphatic carbocycles. The van der Waals surface area contributed by atoms with Gasteiger partial charge in [-0.25, -0.2) is 0 Å². The summed E-state index contributed by atoms with van der Waals surface area (Å²) in [6, 6.07) is 1.08. The van der Waals surface area contributed by atoms with E-state index in [0.29, 0.717) is 5.92 Å². The first kappa shape index (κ1) is 14.5. The predicted molar refractivity (Wildman–Crippen MR) is 85.7 cm³/mol. The summed E-state index contributed by atoms with van der Waals surface area (Å²) in [5, 5.41) is 0. The molecule has 2 aliphatic rings. The summed E-state index contributed by atoms with van der Waals surface area (Å²) in [6.45, 7) is 17.1. The fourth-order valence-corrected chi connectivity index (χ4v) is 5.36. The van der Waals surface area contributed by atoms with Crippen molar-refractivity contribution in [2.45, 2.75) is 51.4 Å². The van der Waals surface area contributed by atoms with E-state index in [-0.39, 0.29) is 5.60 Å². The Hall–Kier alpha value is -0.863. The fraction of sp³-hybridized carbons (Fsp3) is 0.529. The van der Waals surface area contributed by atoms with Crippen molar-refractivity contribution in [3.05, 3.63) is 48.1 Å². The van der Waals surface area contributed by atoms with Gasteiger partial charge in [-0.15, -0.1) is 0 Å². The zero-order valence-electron chi connectivity index (χ0n) is 12.8. The molecule has 0 fully saturated rings. The minimum Gasteiger partial charge on any atom is -0.404 e. The molecule has 0 saturated carbocycles. The molecule has 2 atom stereocenters. The van der Waals surface area contributed by atoms with E-state index in [9.17, 15) is 0 Å². The van der Waals surface area contributed by atoms with Crippen LogP contribution >= 0.6 is 0 Å². The van der Waals surface area contributed by atoms with Crippen LogP contribution < -0.4 is 0 Å². The van der Waals surface area contributed by atoms with Crippen LogP contribution in [0.3, 0.4) is 0 Å². The van der Waals surface area contributed by atoms with Crippen molar-refractivity contribution in [3.8, 4) is 0 Å².